The van der Waals surface area contributed by atoms with Crippen molar-refractivity contribution in [2.75, 3.05) is 33.4 Å². The third-order valence-electron chi connectivity index (χ3n) is 8.37. The molecule has 0 saturated carbocycles. The summed E-state index contributed by atoms with van der Waals surface area (Å²) >= 11 is 5.96. The van der Waals surface area contributed by atoms with Crippen LogP contribution >= 0.6 is 11.6 Å². The Hall–Kier alpha value is -3.92. The van der Waals surface area contributed by atoms with E-state index in [1.165, 1.54) is 13.2 Å². The number of carbonyl (C=O) groups excluding carboxylic acids is 1. The Morgan fingerprint density at radius 2 is 2.07 bits per heavy atom. The molecular weight excluding hydrogens is 573 g/mol. The van der Waals surface area contributed by atoms with E-state index in [1.807, 2.05) is 30.3 Å². The Morgan fingerprint density at radius 3 is 2.81 bits per heavy atom. The molecule has 0 amide bonds. The molecule has 0 N–H and O–H groups in total. The van der Waals surface area contributed by atoms with Gasteiger partial charge in [-0.15, -0.1) is 0 Å². The standard InChI is InChI=1S/C33H31ClFN3O5/c1-40-33(39)21-5-8-27-28(15-21)38(17-23-11-14-41-23)31(36-27)18-37-12-9-20(10-13-37)24-3-2-4-29-32(24)43-30(19-42-29)25-7-6-22(34)16-26(25)35/h2-9,15-16,23,30H,10-14,17-19H2,1H3/t23-,30?/m0/s1. The number of halogens is 2. The maximum Gasteiger partial charge on any atom is 0.337 e. The molecule has 0 spiro atoms. The molecule has 1 saturated heterocycles. The SMILES string of the molecule is COC(=O)c1ccc2nc(CN3CC=C(c4cccc5c4OC(c4ccc(Cl)cc4F)CO5)CC3)n(C[C@@H]3CCO3)c2c1. The fourth-order valence-electron chi connectivity index (χ4n) is 5.94. The van der Waals surface area contributed by atoms with Crippen molar-refractivity contribution in [1.82, 2.24) is 14.5 Å². The van der Waals surface area contributed by atoms with Crippen LogP contribution in [-0.4, -0.2) is 59.9 Å². The van der Waals surface area contributed by atoms with Crippen molar-refractivity contribution >= 4 is 34.2 Å². The molecule has 3 aliphatic heterocycles. The average Bonchev–Trinajstić information content (AvgIpc) is 3.34. The Kier molecular flexibility index (Phi) is 7.55. The van der Waals surface area contributed by atoms with Gasteiger partial charge in [0.2, 0.25) is 0 Å². The fraction of sp³-hybridized carbons (Fsp3) is 0.333. The second-order valence-electron chi connectivity index (χ2n) is 11.0. The van der Waals surface area contributed by atoms with Crippen LogP contribution < -0.4 is 9.47 Å². The number of ether oxygens (including phenoxy) is 4. The largest absolute Gasteiger partial charge is 0.485 e. The minimum absolute atomic E-state index is 0.141. The van der Waals surface area contributed by atoms with Crippen LogP contribution in [0.4, 0.5) is 4.39 Å². The summed E-state index contributed by atoms with van der Waals surface area (Å²) in [4.78, 5) is 19.5. The number of esters is 1. The zero-order chi connectivity index (χ0) is 29.5. The zero-order valence-corrected chi connectivity index (χ0v) is 24.5. The highest BCUT2D eigenvalue weighted by Gasteiger charge is 2.29. The molecule has 43 heavy (non-hydrogen) atoms. The van der Waals surface area contributed by atoms with Crippen LogP contribution in [-0.2, 0) is 22.6 Å². The highest BCUT2D eigenvalue weighted by Crippen LogP contribution is 2.43. The Balaban J connectivity index is 1.11. The van der Waals surface area contributed by atoms with E-state index in [9.17, 15) is 9.18 Å². The van der Waals surface area contributed by atoms with Crippen LogP contribution in [0.15, 0.2) is 60.7 Å². The number of hydrogen-bond acceptors (Lipinski definition) is 7. The van der Waals surface area contributed by atoms with Crippen LogP contribution in [0.25, 0.3) is 16.6 Å². The summed E-state index contributed by atoms with van der Waals surface area (Å²) in [5.41, 5.74) is 4.79. The summed E-state index contributed by atoms with van der Waals surface area (Å²) < 4.78 is 39.9. The molecule has 0 aliphatic carbocycles. The van der Waals surface area contributed by atoms with Crippen molar-refractivity contribution < 1.29 is 28.1 Å². The van der Waals surface area contributed by atoms with E-state index in [0.717, 1.165) is 60.5 Å². The van der Waals surface area contributed by atoms with Crippen molar-refractivity contribution in [2.45, 2.75) is 38.1 Å². The number of fused-ring (bicyclic) bond motifs is 2. The third kappa shape index (κ3) is 5.48. The fourth-order valence-corrected chi connectivity index (χ4v) is 6.09. The molecular formula is C33H31ClFN3O5. The number of para-hydroxylation sites is 1. The summed E-state index contributed by atoms with van der Waals surface area (Å²) in [6.07, 6.45) is 3.59. The van der Waals surface area contributed by atoms with Gasteiger partial charge in [-0.1, -0.05) is 35.9 Å². The first-order valence-electron chi connectivity index (χ1n) is 14.4. The van der Waals surface area contributed by atoms with Gasteiger partial charge in [0, 0.05) is 35.8 Å². The maximum absolute atomic E-state index is 14.7. The van der Waals surface area contributed by atoms with E-state index in [1.54, 1.807) is 18.2 Å². The minimum atomic E-state index is -0.570. The van der Waals surface area contributed by atoms with Crippen molar-refractivity contribution in [3.8, 4) is 11.5 Å². The second kappa shape index (κ2) is 11.6. The van der Waals surface area contributed by atoms with Gasteiger partial charge in [0.15, 0.2) is 17.6 Å². The minimum Gasteiger partial charge on any atom is -0.485 e. The molecule has 10 heteroatoms. The lowest BCUT2D eigenvalue weighted by Gasteiger charge is -2.31. The number of hydrogen-bond donors (Lipinski definition) is 0. The van der Waals surface area contributed by atoms with Gasteiger partial charge in [-0.05, 0) is 54.8 Å². The van der Waals surface area contributed by atoms with Gasteiger partial charge in [-0.3, -0.25) is 4.90 Å². The number of rotatable bonds is 7. The molecule has 0 bridgehead atoms. The molecule has 0 radical (unpaired) electrons. The van der Waals surface area contributed by atoms with Crippen molar-refractivity contribution in [3.05, 3.63) is 94.0 Å². The first-order chi connectivity index (χ1) is 21.0. The number of imidazole rings is 1. The molecule has 4 heterocycles. The summed E-state index contributed by atoms with van der Waals surface area (Å²) in [5, 5.41) is 0.342. The molecule has 3 aromatic carbocycles. The second-order valence-corrected chi connectivity index (χ2v) is 11.5. The number of benzene rings is 3. The molecule has 4 aromatic rings. The lowest BCUT2D eigenvalue weighted by atomic mass is 9.97. The van der Waals surface area contributed by atoms with Crippen LogP contribution in [0.1, 0.15) is 46.3 Å². The van der Waals surface area contributed by atoms with Crippen molar-refractivity contribution in [3.63, 3.8) is 0 Å². The monoisotopic (exact) mass is 603 g/mol. The highest BCUT2D eigenvalue weighted by molar-refractivity contribution is 6.30. The van der Waals surface area contributed by atoms with Crippen LogP contribution in [0.2, 0.25) is 5.02 Å². The Morgan fingerprint density at radius 1 is 1.19 bits per heavy atom. The van der Waals surface area contributed by atoms with E-state index >= 15 is 0 Å². The molecule has 2 atom stereocenters. The van der Waals surface area contributed by atoms with E-state index in [4.69, 9.17) is 35.5 Å². The van der Waals surface area contributed by atoms with Gasteiger partial charge in [0.1, 0.15) is 18.2 Å². The molecule has 1 unspecified atom stereocenters. The highest BCUT2D eigenvalue weighted by atomic mass is 35.5. The van der Waals surface area contributed by atoms with E-state index in [2.05, 4.69) is 15.5 Å². The Bertz CT molecular complexity index is 1730. The average molecular weight is 604 g/mol. The molecule has 1 fully saturated rings. The van der Waals surface area contributed by atoms with Gasteiger partial charge >= 0.3 is 5.97 Å². The predicted octanol–water partition coefficient (Wildman–Crippen LogP) is 6.21. The number of aromatic nitrogens is 2. The van der Waals surface area contributed by atoms with Gasteiger partial charge in [0.25, 0.3) is 0 Å². The van der Waals surface area contributed by atoms with Crippen LogP contribution in [0, 0.1) is 5.82 Å². The lowest BCUT2D eigenvalue weighted by molar-refractivity contribution is -0.0591. The summed E-state index contributed by atoms with van der Waals surface area (Å²) in [5.74, 6) is 1.45. The van der Waals surface area contributed by atoms with E-state index < -0.39 is 11.9 Å². The molecule has 1 aromatic heterocycles. The quantitative estimate of drug-likeness (QED) is 0.233. The van der Waals surface area contributed by atoms with E-state index in [-0.39, 0.29) is 18.7 Å². The van der Waals surface area contributed by atoms with Crippen molar-refractivity contribution in [1.29, 1.82) is 0 Å². The van der Waals surface area contributed by atoms with Gasteiger partial charge < -0.3 is 23.5 Å². The Labute approximate surface area is 253 Å². The van der Waals surface area contributed by atoms with Crippen LogP contribution in [0.5, 0.6) is 11.5 Å². The van der Waals surface area contributed by atoms with Gasteiger partial charge in [-0.25, -0.2) is 14.2 Å². The molecule has 8 nitrogen and oxygen atoms in total. The lowest BCUT2D eigenvalue weighted by Crippen LogP contribution is -2.33. The predicted molar refractivity (Wildman–Crippen MR) is 160 cm³/mol. The van der Waals surface area contributed by atoms with Gasteiger partial charge in [0.05, 0.1) is 42.9 Å². The number of carbonyl (C=O) groups is 1. The molecule has 3 aliphatic rings. The number of methoxy groups -OCH3 is 1. The maximum atomic E-state index is 14.7. The molecule has 7 rings (SSSR count). The number of nitrogens with zero attached hydrogens (tertiary/aromatic N) is 3. The summed E-state index contributed by atoms with van der Waals surface area (Å²) in [6, 6.07) is 16.0. The zero-order valence-electron chi connectivity index (χ0n) is 23.7. The summed E-state index contributed by atoms with van der Waals surface area (Å²) in [7, 11) is 1.39. The first kappa shape index (κ1) is 27.9. The van der Waals surface area contributed by atoms with E-state index in [0.29, 0.717) is 40.7 Å². The van der Waals surface area contributed by atoms with Gasteiger partial charge in [-0.2, -0.15) is 0 Å². The summed E-state index contributed by atoms with van der Waals surface area (Å²) in [6.45, 7) is 3.88. The first-order valence-corrected chi connectivity index (χ1v) is 14.8. The third-order valence-corrected chi connectivity index (χ3v) is 8.61. The topological polar surface area (TPSA) is 75.0 Å². The molecule has 222 valence electrons. The van der Waals surface area contributed by atoms with Crippen molar-refractivity contribution in [2.24, 2.45) is 0 Å². The smallest absolute Gasteiger partial charge is 0.337 e. The normalized spacial score (nSPS) is 20.0. The van der Waals surface area contributed by atoms with Crippen LogP contribution in [0.3, 0.4) is 0 Å².